The summed E-state index contributed by atoms with van der Waals surface area (Å²) in [5, 5.41) is 9.73. The van der Waals surface area contributed by atoms with Gasteiger partial charge in [-0.1, -0.05) is 0 Å². The smallest absolute Gasteiger partial charge is 0.250 e. The van der Waals surface area contributed by atoms with E-state index >= 15 is 0 Å². The van der Waals surface area contributed by atoms with Crippen molar-refractivity contribution in [3.63, 3.8) is 0 Å². The lowest BCUT2D eigenvalue weighted by Gasteiger charge is -2.42. The van der Waals surface area contributed by atoms with E-state index in [0.29, 0.717) is 23.1 Å². The highest BCUT2D eigenvalue weighted by Crippen LogP contribution is 2.49. The fourth-order valence-corrected chi connectivity index (χ4v) is 3.84. The summed E-state index contributed by atoms with van der Waals surface area (Å²) < 4.78 is 14.1. The molecular formula is C15H10BrFN4O. The average molecular weight is 361 g/mol. The summed E-state index contributed by atoms with van der Waals surface area (Å²) in [7, 11) is 1.89. The molecule has 3 heterocycles. The molecule has 110 valence electrons. The first-order valence-corrected chi connectivity index (χ1v) is 7.48. The maximum Gasteiger partial charge on any atom is 0.250 e. The van der Waals surface area contributed by atoms with Crippen LogP contribution in [0.4, 0.5) is 10.1 Å². The molecule has 0 bridgehead atoms. The highest BCUT2D eigenvalue weighted by molar-refractivity contribution is 9.10. The van der Waals surface area contributed by atoms with Gasteiger partial charge < -0.3 is 4.90 Å². The van der Waals surface area contributed by atoms with E-state index in [-0.39, 0.29) is 11.7 Å². The van der Waals surface area contributed by atoms with Gasteiger partial charge in [-0.3, -0.25) is 9.78 Å². The lowest BCUT2D eigenvalue weighted by molar-refractivity contribution is -0.144. The maximum absolute atomic E-state index is 13.7. The van der Waals surface area contributed by atoms with Crippen molar-refractivity contribution in [2.75, 3.05) is 25.0 Å². The third kappa shape index (κ3) is 1.45. The number of anilines is 1. The van der Waals surface area contributed by atoms with Crippen molar-refractivity contribution < 1.29 is 9.18 Å². The lowest BCUT2D eigenvalue weighted by atomic mass is 9.73. The maximum atomic E-state index is 13.7. The van der Waals surface area contributed by atoms with Gasteiger partial charge in [-0.15, -0.1) is 0 Å². The summed E-state index contributed by atoms with van der Waals surface area (Å²) in [5.41, 5.74) is 1.49. The van der Waals surface area contributed by atoms with Crippen molar-refractivity contribution in [2.45, 2.75) is 5.41 Å². The third-order valence-corrected chi connectivity index (χ3v) is 5.10. The van der Waals surface area contributed by atoms with Crippen molar-refractivity contribution >= 4 is 38.4 Å². The molecular weight excluding hydrogens is 351 g/mol. The molecule has 1 spiro atoms. The van der Waals surface area contributed by atoms with E-state index in [1.54, 1.807) is 12.3 Å². The molecule has 1 fully saturated rings. The van der Waals surface area contributed by atoms with Gasteiger partial charge in [0.1, 0.15) is 11.2 Å². The van der Waals surface area contributed by atoms with Crippen LogP contribution in [0.25, 0.3) is 10.9 Å². The molecule has 1 unspecified atom stereocenters. The topological polar surface area (TPSA) is 60.2 Å². The number of likely N-dealkylation sites (N-methyl/N-ethyl adjacent to an activating group) is 1. The molecule has 1 aromatic carbocycles. The highest BCUT2D eigenvalue weighted by atomic mass is 79.9. The number of nitriles is 1. The Labute approximate surface area is 134 Å². The van der Waals surface area contributed by atoms with Crippen LogP contribution in [-0.4, -0.2) is 35.9 Å². The SMILES string of the molecule is CN1CC2(CN(C#N)C2=O)c2c1cnc1cc(F)c(Br)cc21. The Bertz CT molecular complexity index is 893. The number of rotatable bonds is 0. The molecule has 0 aliphatic carbocycles. The van der Waals surface area contributed by atoms with Crippen molar-refractivity contribution in [2.24, 2.45) is 0 Å². The Morgan fingerprint density at radius 1 is 1.45 bits per heavy atom. The number of halogens is 2. The van der Waals surface area contributed by atoms with Gasteiger partial charge in [0.15, 0.2) is 6.19 Å². The Hall–Kier alpha value is -2.20. The predicted molar refractivity (Wildman–Crippen MR) is 81.7 cm³/mol. The second-order valence-corrected chi connectivity index (χ2v) is 6.59. The van der Waals surface area contributed by atoms with E-state index in [2.05, 4.69) is 20.9 Å². The molecule has 0 N–H and O–H groups in total. The highest BCUT2D eigenvalue weighted by Gasteiger charge is 2.59. The van der Waals surface area contributed by atoms with Crippen LogP contribution in [0, 0.1) is 17.3 Å². The summed E-state index contributed by atoms with van der Waals surface area (Å²) in [4.78, 5) is 19.9. The summed E-state index contributed by atoms with van der Waals surface area (Å²) in [6.45, 7) is 0.864. The van der Waals surface area contributed by atoms with Crippen LogP contribution in [0.3, 0.4) is 0 Å². The van der Waals surface area contributed by atoms with Crippen LogP contribution in [0.2, 0.25) is 0 Å². The van der Waals surface area contributed by atoms with Crippen molar-refractivity contribution in [1.82, 2.24) is 9.88 Å². The van der Waals surface area contributed by atoms with Gasteiger partial charge >= 0.3 is 0 Å². The second kappa shape index (κ2) is 4.17. The summed E-state index contributed by atoms with van der Waals surface area (Å²) in [6, 6.07) is 3.02. The van der Waals surface area contributed by atoms with Gasteiger partial charge in [-0.2, -0.15) is 5.26 Å². The molecule has 4 rings (SSSR count). The number of hydrogen-bond acceptors (Lipinski definition) is 4. The number of hydrogen-bond donors (Lipinski definition) is 0. The first-order valence-electron chi connectivity index (χ1n) is 6.69. The zero-order chi connectivity index (χ0) is 15.6. The van der Waals surface area contributed by atoms with Gasteiger partial charge in [0, 0.05) is 30.6 Å². The molecule has 1 aromatic heterocycles. The van der Waals surface area contributed by atoms with Gasteiger partial charge in [-0.05, 0) is 22.0 Å². The lowest BCUT2D eigenvalue weighted by Crippen LogP contribution is -2.64. The van der Waals surface area contributed by atoms with E-state index in [1.807, 2.05) is 18.1 Å². The number of nitrogens with zero attached hydrogens (tertiary/aromatic N) is 4. The van der Waals surface area contributed by atoms with Gasteiger partial charge in [0.25, 0.3) is 0 Å². The summed E-state index contributed by atoms with van der Waals surface area (Å²) >= 11 is 3.19. The van der Waals surface area contributed by atoms with Crippen LogP contribution in [0.15, 0.2) is 22.8 Å². The van der Waals surface area contributed by atoms with Gasteiger partial charge in [0.2, 0.25) is 5.91 Å². The number of likely N-dealkylation sites (tertiary alicyclic amines) is 1. The Morgan fingerprint density at radius 2 is 2.23 bits per heavy atom. The van der Waals surface area contributed by atoms with Gasteiger partial charge in [-0.25, -0.2) is 9.29 Å². The molecule has 1 saturated heterocycles. The van der Waals surface area contributed by atoms with E-state index in [9.17, 15) is 9.18 Å². The fraction of sp³-hybridized carbons (Fsp3) is 0.267. The minimum absolute atomic E-state index is 0.200. The summed E-state index contributed by atoms with van der Waals surface area (Å²) in [5.74, 6) is -0.590. The molecule has 2 aromatic rings. The Morgan fingerprint density at radius 3 is 2.91 bits per heavy atom. The quantitative estimate of drug-likeness (QED) is 0.533. The molecule has 1 atom stereocenters. The molecule has 22 heavy (non-hydrogen) atoms. The number of fused-ring (bicyclic) bond motifs is 4. The third-order valence-electron chi connectivity index (χ3n) is 4.49. The summed E-state index contributed by atoms with van der Waals surface area (Å²) in [6.07, 6.45) is 3.57. The molecule has 7 heteroatoms. The van der Waals surface area contributed by atoms with E-state index in [1.165, 1.54) is 6.07 Å². The van der Waals surface area contributed by atoms with Crippen LogP contribution in [-0.2, 0) is 10.2 Å². The molecule has 1 amide bonds. The molecule has 5 nitrogen and oxygen atoms in total. The van der Waals surface area contributed by atoms with Crippen LogP contribution < -0.4 is 4.90 Å². The van der Waals surface area contributed by atoms with Gasteiger partial charge in [0.05, 0.1) is 28.4 Å². The average Bonchev–Trinajstić information content (AvgIpc) is 2.81. The second-order valence-electron chi connectivity index (χ2n) is 5.73. The van der Waals surface area contributed by atoms with Crippen molar-refractivity contribution in [3.05, 3.63) is 34.2 Å². The molecule has 0 saturated carbocycles. The molecule has 0 radical (unpaired) electrons. The minimum Gasteiger partial charge on any atom is -0.372 e. The zero-order valence-corrected chi connectivity index (χ0v) is 13.2. The first kappa shape index (κ1) is 13.5. The number of pyridine rings is 1. The predicted octanol–water partition coefficient (Wildman–Crippen LogP) is 2.15. The Kier molecular flexibility index (Phi) is 2.55. The molecule has 2 aliphatic rings. The van der Waals surface area contributed by atoms with Crippen molar-refractivity contribution in [1.29, 1.82) is 5.26 Å². The van der Waals surface area contributed by atoms with Crippen molar-refractivity contribution in [3.8, 4) is 6.19 Å². The van der Waals surface area contributed by atoms with E-state index in [0.717, 1.165) is 21.5 Å². The number of aromatic nitrogens is 1. The number of amides is 1. The van der Waals surface area contributed by atoms with Crippen LogP contribution >= 0.6 is 15.9 Å². The van der Waals surface area contributed by atoms with E-state index in [4.69, 9.17) is 5.26 Å². The monoisotopic (exact) mass is 360 g/mol. The largest absolute Gasteiger partial charge is 0.372 e. The van der Waals surface area contributed by atoms with Crippen LogP contribution in [0.1, 0.15) is 5.56 Å². The standard InChI is InChI=1S/C15H10BrFN4O/c1-20-5-15(6-21(7-18)14(15)22)13-8-2-9(16)10(17)3-11(8)19-4-12(13)20/h2-4H,5-6H2,1H3. The van der Waals surface area contributed by atoms with Crippen LogP contribution in [0.5, 0.6) is 0 Å². The minimum atomic E-state index is -0.724. The number of benzene rings is 1. The number of β-lactam (4-membered cyclic amide) rings is 1. The normalized spacial score (nSPS) is 22.9. The molecule has 2 aliphatic heterocycles. The first-order chi connectivity index (χ1) is 10.5. The zero-order valence-electron chi connectivity index (χ0n) is 11.6. The van der Waals surface area contributed by atoms with E-state index < -0.39 is 5.41 Å². The fourth-order valence-electron chi connectivity index (χ4n) is 3.50. The number of carbonyl (C=O) groups is 1. The number of carbonyl (C=O) groups excluding carboxylic acids is 1. The Balaban J connectivity index is 2.03.